The maximum Gasteiger partial charge on any atom is 0.223 e. The van der Waals surface area contributed by atoms with Crippen molar-refractivity contribution < 1.29 is 4.74 Å². The highest BCUT2D eigenvalue weighted by atomic mass is 16.5. The van der Waals surface area contributed by atoms with E-state index in [0.29, 0.717) is 6.04 Å². The summed E-state index contributed by atoms with van der Waals surface area (Å²) in [5, 5.41) is 0. The minimum atomic E-state index is 0.354. The molecule has 0 unspecified atom stereocenters. The minimum absolute atomic E-state index is 0.354. The van der Waals surface area contributed by atoms with Gasteiger partial charge in [-0.1, -0.05) is 54.6 Å². The van der Waals surface area contributed by atoms with Gasteiger partial charge in [0.2, 0.25) is 5.88 Å². The molecule has 3 heteroatoms. The topological polar surface area (TPSA) is 25.4 Å². The van der Waals surface area contributed by atoms with Gasteiger partial charge in [-0.05, 0) is 43.1 Å². The Morgan fingerprint density at radius 3 is 2.48 bits per heavy atom. The number of aromatic nitrogens is 1. The van der Waals surface area contributed by atoms with E-state index in [1.807, 2.05) is 36.4 Å². The number of hydrogen-bond acceptors (Lipinski definition) is 3. The molecular formula is C22H22N2O. The highest BCUT2D eigenvalue weighted by Crippen LogP contribution is 2.38. The van der Waals surface area contributed by atoms with Crippen LogP contribution in [0.25, 0.3) is 0 Å². The van der Waals surface area contributed by atoms with E-state index >= 15 is 0 Å². The summed E-state index contributed by atoms with van der Waals surface area (Å²) in [4.78, 5) is 7.04. The summed E-state index contributed by atoms with van der Waals surface area (Å²) in [6.07, 6.45) is 4.15. The monoisotopic (exact) mass is 330 g/mol. The number of likely N-dealkylation sites (tertiary alicyclic amines) is 1. The molecule has 1 aromatic heterocycles. The van der Waals surface area contributed by atoms with Crippen LogP contribution in [0.3, 0.4) is 0 Å². The molecule has 1 aliphatic rings. The predicted octanol–water partition coefficient (Wildman–Crippen LogP) is 5.21. The summed E-state index contributed by atoms with van der Waals surface area (Å²) in [6, 6.07) is 25.1. The van der Waals surface area contributed by atoms with E-state index in [1.54, 1.807) is 6.20 Å². The van der Waals surface area contributed by atoms with Gasteiger partial charge in [0, 0.05) is 24.3 Å². The first kappa shape index (κ1) is 15.9. The molecule has 4 rings (SSSR count). The molecule has 2 heterocycles. The fourth-order valence-electron chi connectivity index (χ4n) is 3.53. The van der Waals surface area contributed by atoms with E-state index in [1.165, 1.54) is 17.5 Å². The Bertz CT molecular complexity index is 805. The number of hydrogen-bond donors (Lipinski definition) is 0. The Labute approximate surface area is 148 Å². The van der Waals surface area contributed by atoms with E-state index < -0.39 is 0 Å². The Kier molecular flexibility index (Phi) is 4.75. The number of para-hydroxylation sites is 1. The summed E-state index contributed by atoms with van der Waals surface area (Å²) >= 11 is 0. The zero-order chi connectivity index (χ0) is 16.9. The van der Waals surface area contributed by atoms with Crippen LogP contribution in [-0.4, -0.2) is 16.4 Å². The Morgan fingerprint density at radius 2 is 1.68 bits per heavy atom. The van der Waals surface area contributed by atoms with Crippen LogP contribution in [0.4, 0.5) is 0 Å². The van der Waals surface area contributed by atoms with Gasteiger partial charge in [0.1, 0.15) is 5.75 Å². The lowest BCUT2D eigenvalue weighted by Gasteiger charge is -2.26. The Balaban J connectivity index is 1.58. The molecule has 3 nitrogen and oxygen atoms in total. The van der Waals surface area contributed by atoms with Crippen LogP contribution in [0.5, 0.6) is 11.6 Å². The molecule has 1 atom stereocenters. The van der Waals surface area contributed by atoms with Gasteiger partial charge in [0.05, 0.1) is 0 Å². The van der Waals surface area contributed by atoms with Crippen LogP contribution in [0.1, 0.15) is 30.0 Å². The van der Waals surface area contributed by atoms with Crippen molar-refractivity contribution in [3.63, 3.8) is 0 Å². The van der Waals surface area contributed by atoms with Gasteiger partial charge in [-0.15, -0.1) is 0 Å². The van der Waals surface area contributed by atoms with Crippen molar-refractivity contribution in [1.82, 2.24) is 9.88 Å². The van der Waals surface area contributed by atoms with Crippen LogP contribution < -0.4 is 4.74 Å². The number of benzene rings is 2. The van der Waals surface area contributed by atoms with Crippen molar-refractivity contribution in [3.05, 3.63) is 90.1 Å². The Hall–Kier alpha value is -2.65. The van der Waals surface area contributed by atoms with Crippen LogP contribution >= 0.6 is 0 Å². The summed E-state index contributed by atoms with van der Waals surface area (Å²) in [7, 11) is 0. The summed E-state index contributed by atoms with van der Waals surface area (Å²) in [5.41, 5.74) is 2.53. The average molecular weight is 330 g/mol. The maximum absolute atomic E-state index is 6.08. The first-order chi connectivity index (χ1) is 12.4. The van der Waals surface area contributed by atoms with E-state index in [0.717, 1.165) is 31.1 Å². The normalized spacial score (nSPS) is 17.5. The second kappa shape index (κ2) is 7.49. The molecule has 0 spiro atoms. The Morgan fingerprint density at radius 1 is 0.920 bits per heavy atom. The molecule has 1 fully saturated rings. The molecule has 3 aromatic rings. The third-order valence-corrected chi connectivity index (χ3v) is 4.71. The second-order valence-corrected chi connectivity index (χ2v) is 6.43. The quantitative estimate of drug-likeness (QED) is 0.642. The third-order valence-electron chi connectivity index (χ3n) is 4.71. The predicted molar refractivity (Wildman–Crippen MR) is 99.6 cm³/mol. The van der Waals surface area contributed by atoms with Gasteiger partial charge in [0.25, 0.3) is 0 Å². The smallest absolute Gasteiger partial charge is 0.223 e. The van der Waals surface area contributed by atoms with Gasteiger partial charge in [-0.2, -0.15) is 0 Å². The van der Waals surface area contributed by atoms with E-state index in [-0.39, 0.29) is 0 Å². The highest BCUT2D eigenvalue weighted by Gasteiger charge is 2.28. The molecule has 1 saturated heterocycles. The van der Waals surface area contributed by atoms with Crippen LogP contribution in [0, 0.1) is 0 Å². The van der Waals surface area contributed by atoms with E-state index in [2.05, 4.69) is 46.3 Å². The summed E-state index contributed by atoms with van der Waals surface area (Å²) < 4.78 is 6.08. The number of nitrogens with zero attached hydrogens (tertiary/aromatic N) is 2. The molecule has 0 bridgehead atoms. The number of pyridine rings is 1. The van der Waals surface area contributed by atoms with Crippen molar-refractivity contribution in [2.45, 2.75) is 25.4 Å². The standard InChI is InChI=1S/C22H22N2O/c1-3-9-18(10-4-1)17-24-16-8-14-21(24)20-13-7-15-23-22(20)25-19-11-5-2-6-12-19/h1-7,9-13,15,21H,8,14,16-17H2/t21-/m0/s1. The second-order valence-electron chi connectivity index (χ2n) is 6.43. The first-order valence-corrected chi connectivity index (χ1v) is 8.86. The van der Waals surface area contributed by atoms with E-state index in [4.69, 9.17) is 4.74 Å². The van der Waals surface area contributed by atoms with Crippen molar-refractivity contribution >= 4 is 0 Å². The lowest BCUT2D eigenvalue weighted by molar-refractivity contribution is 0.243. The lowest BCUT2D eigenvalue weighted by Crippen LogP contribution is -2.23. The van der Waals surface area contributed by atoms with Gasteiger partial charge in [0.15, 0.2) is 0 Å². The average Bonchev–Trinajstić information content (AvgIpc) is 3.12. The molecular weight excluding hydrogens is 308 g/mol. The largest absolute Gasteiger partial charge is 0.439 e. The molecule has 0 N–H and O–H groups in total. The SMILES string of the molecule is c1ccc(CN2CCC[C@H]2c2cccnc2Oc2ccccc2)cc1. The fourth-order valence-corrected chi connectivity index (χ4v) is 3.53. The van der Waals surface area contributed by atoms with E-state index in [9.17, 15) is 0 Å². The molecule has 2 aromatic carbocycles. The van der Waals surface area contributed by atoms with Crippen LogP contribution in [0.2, 0.25) is 0 Å². The molecule has 0 amide bonds. The molecule has 126 valence electrons. The molecule has 25 heavy (non-hydrogen) atoms. The van der Waals surface area contributed by atoms with Crippen molar-refractivity contribution in [2.24, 2.45) is 0 Å². The van der Waals surface area contributed by atoms with Gasteiger partial charge in [-0.25, -0.2) is 4.98 Å². The first-order valence-electron chi connectivity index (χ1n) is 8.86. The van der Waals surface area contributed by atoms with Crippen LogP contribution in [-0.2, 0) is 6.54 Å². The molecule has 1 aliphatic heterocycles. The zero-order valence-electron chi connectivity index (χ0n) is 14.2. The summed E-state index contributed by atoms with van der Waals surface area (Å²) in [5.74, 6) is 1.55. The van der Waals surface area contributed by atoms with Gasteiger partial charge >= 0.3 is 0 Å². The third kappa shape index (κ3) is 3.72. The van der Waals surface area contributed by atoms with Gasteiger partial charge < -0.3 is 4.74 Å². The maximum atomic E-state index is 6.08. The fraction of sp³-hybridized carbons (Fsp3) is 0.227. The minimum Gasteiger partial charge on any atom is -0.439 e. The zero-order valence-corrected chi connectivity index (χ0v) is 14.2. The molecule has 0 saturated carbocycles. The van der Waals surface area contributed by atoms with Gasteiger partial charge in [-0.3, -0.25) is 4.90 Å². The molecule has 0 radical (unpaired) electrons. The highest BCUT2D eigenvalue weighted by molar-refractivity contribution is 5.35. The number of rotatable bonds is 5. The van der Waals surface area contributed by atoms with Crippen LogP contribution in [0.15, 0.2) is 79.0 Å². The van der Waals surface area contributed by atoms with Crippen molar-refractivity contribution in [2.75, 3.05) is 6.54 Å². The van der Waals surface area contributed by atoms with Crippen molar-refractivity contribution in [1.29, 1.82) is 0 Å². The van der Waals surface area contributed by atoms with Crippen molar-refractivity contribution in [3.8, 4) is 11.6 Å². The number of ether oxygens (including phenoxy) is 1. The molecule has 0 aliphatic carbocycles. The lowest BCUT2D eigenvalue weighted by atomic mass is 10.1. The summed E-state index contributed by atoms with van der Waals surface area (Å²) in [6.45, 7) is 2.07.